The van der Waals surface area contributed by atoms with E-state index in [4.69, 9.17) is 5.11 Å². The Bertz CT molecular complexity index is 778. The van der Waals surface area contributed by atoms with Crippen LogP contribution in [-0.2, 0) is 21.9 Å². The first kappa shape index (κ1) is 24.9. The van der Waals surface area contributed by atoms with Crippen LogP contribution in [0.3, 0.4) is 0 Å². The molecule has 2 rings (SSSR count). The van der Waals surface area contributed by atoms with Gasteiger partial charge in [0.2, 0.25) is 0 Å². The van der Waals surface area contributed by atoms with E-state index in [9.17, 15) is 35.9 Å². The van der Waals surface area contributed by atoms with Crippen molar-refractivity contribution in [1.29, 1.82) is 0 Å². The van der Waals surface area contributed by atoms with Gasteiger partial charge >= 0.3 is 18.3 Å². The van der Waals surface area contributed by atoms with E-state index in [1.807, 2.05) is 0 Å². The summed E-state index contributed by atoms with van der Waals surface area (Å²) in [5.74, 6) is -1.79. The van der Waals surface area contributed by atoms with Crippen molar-refractivity contribution in [3.05, 3.63) is 41.0 Å². The number of halogens is 6. The molecule has 172 valence electrons. The number of hydrogen-bond acceptors (Lipinski definition) is 2. The van der Waals surface area contributed by atoms with E-state index < -0.39 is 46.8 Å². The van der Waals surface area contributed by atoms with Crippen LogP contribution in [-0.4, -0.2) is 16.9 Å². The SMILES string of the molecule is O=C(O)CCCCCCC1C(=O)CCC1C=Cc1c(C(F)(F)F)cccc1C(F)(F)F. The molecule has 0 bridgehead atoms. The van der Waals surface area contributed by atoms with Gasteiger partial charge in [0.25, 0.3) is 0 Å². The predicted molar refractivity (Wildman–Crippen MR) is 102 cm³/mol. The van der Waals surface area contributed by atoms with Crippen molar-refractivity contribution < 1.29 is 41.0 Å². The van der Waals surface area contributed by atoms with Crippen molar-refractivity contribution in [3.63, 3.8) is 0 Å². The van der Waals surface area contributed by atoms with Crippen LogP contribution in [0, 0.1) is 11.8 Å². The number of ketones is 1. The van der Waals surface area contributed by atoms with E-state index in [0.29, 0.717) is 50.7 Å². The van der Waals surface area contributed by atoms with Crippen LogP contribution in [0.25, 0.3) is 6.08 Å². The summed E-state index contributed by atoms with van der Waals surface area (Å²) in [4.78, 5) is 22.7. The molecule has 1 N–H and O–H groups in total. The van der Waals surface area contributed by atoms with Crippen molar-refractivity contribution in [2.45, 2.75) is 63.7 Å². The first-order valence-corrected chi connectivity index (χ1v) is 10.1. The van der Waals surface area contributed by atoms with Crippen LogP contribution in [0.4, 0.5) is 26.3 Å². The average molecular weight is 450 g/mol. The number of rotatable bonds is 9. The second kappa shape index (κ2) is 10.3. The molecule has 31 heavy (non-hydrogen) atoms. The maximum atomic E-state index is 13.3. The number of aliphatic carboxylic acids is 1. The van der Waals surface area contributed by atoms with Gasteiger partial charge in [0, 0.05) is 18.8 Å². The standard InChI is InChI=1S/C22H24F6O3/c23-21(24,25)17-7-5-8-18(22(26,27)28)16(17)12-10-14-11-13-19(29)15(14)6-3-1-2-4-9-20(30)31/h5,7-8,10,12,14-15H,1-4,6,9,11,13H2,(H,30,31). The fraction of sp³-hybridized carbons (Fsp3) is 0.545. The third-order valence-electron chi connectivity index (χ3n) is 5.54. The Kier molecular flexibility index (Phi) is 8.31. The molecule has 1 aliphatic carbocycles. The zero-order valence-electron chi connectivity index (χ0n) is 16.7. The minimum Gasteiger partial charge on any atom is -0.481 e. The number of hydrogen-bond donors (Lipinski definition) is 1. The molecule has 1 aromatic rings. The van der Waals surface area contributed by atoms with Gasteiger partial charge in [-0.15, -0.1) is 0 Å². The molecular weight excluding hydrogens is 426 g/mol. The highest BCUT2D eigenvalue weighted by Gasteiger charge is 2.40. The van der Waals surface area contributed by atoms with Gasteiger partial charge in [-0.25, -0.2) is 0 Å². The van der Waals surface area contributed by atoms with Crippen LogP contribution in [0.2, 0.25) is 0 Å². The van der Waals surface area contributed by atoms with E-state index in [1.165, 1.54) is 6.08 Å². The first-order valence-electron chi connectivity index (χ1n) is 10.1. The van der Waals surface area contributed by atoms with Crippen LogP contribution < -0.4 is 0 Å². The fourth-order valence-corrected chi connectivity index (χ4v) is 3.99. The highest BCUT2D eigenvalue weighted by atomic mass is 19.4. The normalized spacial score (nSPS) is 20.0. The van der Waals surface area contributed by atoms with E-state index in [1.54, 1.807) is 0 Å². The third kappa shape index (κ3) is 7.11. The van der Waals surface area contributed by atoms with Crippen molar-refractivity contribution in [2.24, 2.45) is 11.8 Å². The lowest BCUT2D eigenvalue weighted by atomic mass is 9.88. The van der Waals surface area contributed by atoms with Gasteiger partial charge < -0.3 is 5.11 Å². The molecule has 0 radical (unpaired) electrons. The summed E-state index contributed by atoms with van der Waals surface area (Å²) in [6, 6.07) is 1.96. The Labute approximate surface area is 176 Å². The van der Waals surface area contributed by atoms with Gasteiger partial charge in [0.1, 0.15) is 5.78 Å². The minimum atomic E-state index is -4.94. The van der Waals surface area contributed by atoms with Crippen LogP contribution in [0.5, 0.6) is 0 Å². The molecular formula is C22H24F6O3. The largest absolute Gasteiger partial charge is 0.481 e. The van der Waals surface area contributed by atoms with Crippen LogP contribution in [0.15, 0.2) is 24.3 Å². The highest BCUT2D eigenvalue weighted by molar-refractivity contribution is 5.84. The molecule has 2 atom stereocenters. The summed E-state index contributed by atoms with van der Waals surface area (Å²) in [7, 11) is 0. The molecule has 0 saturated heterocycles. The summed E-state index contributed by atoms with van der Waals surface area (Å²) in [6.07, 6.45) is -4.00. The summed E-state index contributed by atoms with van der Waals surface area (Å²) in [6.45, 7) is 0. The topological polar surface area (TPSA) is 54.4 Å². The molecule has 2 unspecified atom stereocenters. The molecule has 0 amide bonds. The third-order valence-corrected chi connectivity index (χ3v) is 5.54. The average Bonchev–Trinajstić information content (AvgIpc) is 3.00. The summed E-state index contributed by atoms with van der Waals surface area (Å²) < 4.78 is 79.7. The maximum absolute atomic E-state index is 13.3. The second-order valence-electron chi connectivity index (χ2n) is 7.74. The van der Waals surface area contributed by atoms with Crippen LogP contribution in [0.1, 0.15) is 68.1 Å². The number of benzene rings is 1. The summed E-state index contributed by atoms with van der Waals surface area (Å²) in [5.41, 5.74) is -3.66. The molecule has 3 nitrogen and oxygen atoms in total. The zero-order chi connectivity index (χ0) is 23.2. The highest BCUT2D eigenvalue weighted by Crippen LogP contribution is 2.41. The number of Topliss-reactive ketones (excluding diaryl/α,β-unsaturated/α-hetero) is 1. The summed E-state index contributed by atoms with van der Waals surface area (Å²) in [5, 5.41) is 8.61. The number of carbonyl (C=O) groups excluding carboxylic acids is 1. The predicted octanol–water partition coefficient (Wildman–Crippen LogP) is 6.76. The Balaban J connectivity index is 2.14. The number of alkyl halides is 6. The van der Waals surface area contributed by atoms with Crippen molar-refractivity contribution in [2.75, 3.05) is 0 Å². The van der Waals surface area contributed by atoms with E-state index in [0.717, 1.165) is 12.1 Å². The monoisotopic (exact) mass is 450 g/mol. The molecule has 1 aromatic carbocycles. The van der Waals surface area contributed by atoms with E-state index >= 15 is 0 Å². The number of carboxylic acid groups (broad SMARTS) is 1. The smallest absolute Gasteiger partial charge is 0.417 e. The molecule has 1 saturated carbocycles. The van der Waals surface area contributed by atoms with Gasteiger partial charge in [-0.1, -0.05) is 37.5 Å². The maximum Gasteiger partial charge on any atom is 0.417 e. The molecule has 0 spiro atoms. The quantitative estimate of drug-likeness (QED) is 0.334. The Hall–Kier alpha value is -2.32. The van der Waals surface area contributed by atoms with Crippen molar-refractivity contribution in [3.8, 4) is 0 Å². The molecule has 0 heterocycles. The van der Waals surface area contributed by atoms with Crippen molar-refractivity contribution >= 4 is 17.8 Å². The van der Waals surface area contributed by atoms with Gasteiger partial charge in [-0.3, -0.25) is 9.59 Å². The number of allylic oxidation sites excluding steroid dienone is 1. The second-order valence-corrected chi connectivity index (χ2v) is 7.74. The first-order chi connectivity index (χ1) is 14.4. The Morgan fingerprint density at radius 2 is 1.58 bits per heavy atom. The lowest BCUT2D eigenvalue weighted by molar-refractivity contribution is -0.143. The van der Waals surface area contributed by atoms with Gasteiger partial charge in [-0.05, 0) is 42.9 Å². The molecule has 1 aliphatic rings. The molecule has 9 heteroatoms. The Morgan fingerprint density at radius 3 is 2.13 bits per heavy atom. The number of carbonyl (C=O) groups is 2. The van der Waals surface area contributed by atoms with Crippen molar-refractivity contribution in [1.82, 2.24) is 0 Å². The minimum absolute atomic E-state index is 0.0414. The molecule has 0 aliphatic heterocycles. The van der Waals surface area contributed by atoms with Gasteiger partial charge in [-0.2, -0.15) is 26.3 Å². The zero-order valence-corrected chi connectivity index (χ0v) is 16.7. The Morgan fingerprint density at radius 1 is 1.00 bits per heavy atom. The lowest BCUT2D eigenvalue weighted by Gasteiger charge is -2.18. The number of carboxylic acids is 1. The lowest BCUT2D eigenvalue weighted by Crippen LogP contribution is -2.15. The van der Waals surface area contributed by atoms with Crippen LogP contribution >= 0.6 is 0 Å². The van der Waals surface area contributed by atoms with Gasteiger partial charge in [0.05, 0.1) is 11.1 Å². The molecule has 0 aromatic heterocycles. The summed E-state index contributed by atoms with van der Waals surface area (Å²) >= 11 is 0. The number of unbranched alkanes of at least 4 members (excludes halogenated alkanes) is 3. The molecule has 1 fully saturated rings. The van der Waals surface area contributed by atoms with E-state index in [-0.39, 0.29) is 18.6 Å². The fourth-order valence-electron chi connectivity index (χ4n) is 3.99. The van der Waals surface area contributed by atoms with E-state index in [2.05, 4.69) is 0 Å². The van der Waals surface area contributed by atoms with Gasteiger partial charge in [0.15, 0.2) is 0 Å².